The van der Waals surface area contributed by atoms with E-state index in [1.54, 1.807) is 6.21 Å². The van der Waals surface area contributed by atoms with Crippen LogP contribution in [0.1, 0.15) is 18.4 Å². The van der Waals surface area contributed by atoms with Crippen molar-refractivity contribution in [2.45, 2.75) is 12.8 Å². The van der Waals surface area contributed by atoms with E-state index < -0.39 is 6.03 Å². The summed E-state index contributed by atoms with van der Waals surface area (Å²) in [5.74, 6) is -0.223. The first-order valence-electron chi connectivity index (χ1n) is 5.37. The van der Waals surface area contributed by atoms with E-state index >= 15 is 0 Å². The highest BCUT2D eigenvalue weighted by molar-refractivity contribution is 6.01. The third-order valence-electron chi connectivity index (χ3n) is 2.53. The summed E-state index contributed by atoms with van der Waals surface area (Å²) >= 11 is 0. The number of nitrogens with zero attached hydrogens (tertiary/aromatic N) is 2. The first-order valence-corrected chi connectivity index (χ1v) is 5.37. The summed E-state index contributed by atoms with van der Waals surface area (Å²) in [7, 11) is 0. The van der Waals surface area contributed by atoms with Crippen LogP contribution in [0.15, 0.2) is 35.4 Å². The molecule has 0 aromatic heterocycles. The summed E-state index contributed by atoms with van der Waals surface area (Å²) in [5.41, 5.74) is 1.11. The Morgan fingerprint density at radius 2 is 2.06 bits per heavy atom. The van der Waals surface area contributed by atoms with Gasteiger partial charge in [0, 0.05) is 12.1 Å². The van der Waals surface area contributed by atoms with Crippen molar-refractivity contribution in [3.8, 4) is 0 Å². The number of hydrazone groups is 1. The van der Waals surface area contributed by atoms with E-state index in [4.69, 9.17) is 0 Å². The van der Waals surface area contributed by atoms with Crippen LogP contribution in [0.3, 0.4) is 0 Å². The number of imide groups is 1. The first-order chi connectivity index (χ1) is 8.16. The Morgan fingerprint density at radius 3 is 2.65 bits per heavy atom. The molecule has 17 heavy (non-hydrogen) atoms. The van der Waals surface area contributed by atoms with E-state index in [-0.39, 0.29) is 18.4 Å². The number of carbonyl (C=O) groups excluding carboxylic acids is 2. The third kappa shape index (κ3) is 2.69. The van der Waals surface area contributed by atoms with Gasteiger partial charge in [-0.15, -0.1) is 0 Å². The molecule has 2 rings (SSSR count). The first kappa shape index (κ1) is 11.3. The van der Waals surface area contributed by atoms with E-state index in [1.807, 2.05) is 37.3 Å². The molecule has 3 amide bonds. The van der Waals surface area contributed by atoms with Gasteiger partial charge in [-0.1, -0.05) is 37.3 Å². The monoisotopic (exact) mass is 231 g/mol. The fraction of sp³-hybridized carbons (Fsp3) is 0.250. The number of hydrogen-bond acceptors (Lipinski definition) is 3. The highest BCUT2D eigenvalue weighted by atomic mass is 16.2. The number of urea groups is 1. The van der Waals surface area contributed by atoms with Crippen molar-refractivity contribution in [3.05, 3.63) is 35.9 Å². The maximum Gasteiger partial charge on any atom is 0.344 e. The molecule has 1 aliphatic rings. The van der Waals surface area contributed by atoms with E-state index in [0.29, 0.717) is 0 Å². The summed E-state index contributed by atoms with van der Waals surface area (Å²) in [6, 6.07) is 9.36. The molecule has 0 aliphatic carbocycles. The van der Waals surface area contributed by atoms with Crippen molar-refractivity contribution in [2.75, 3.05) is 6.54 Å². The fourth-order valence-corrected chi connectivity index (χ4v) is 1.55. The van der Waals surface area contributed by atoms with Crippen molar-refractivity contribution in [1.29, 1.82) is 0 Å². The Labute approximate surface area is 99.1 Å². The zero-order chi connectivity index (χ0) is 12.3. The van der Waals surface area contributed by atoms with Gasteiger partial charge in [-0.25, -0.2) is 9.80 Å². The van der Waals surface area contributed by atoms with E-state index in [0.717, 1.165) is 10.6 Å². The summed E-state index contributed by atoms with van der Waals surface area (Å²) < 4.78 is 0. The molecule has 1 fully saturated rings. The van der Waals surface area contributed by atoms with E-state index in [1.165, 1.54) is 0 Å². The van der Waals surface area contributed by atoms with Crippen molar-refractivity contribution in [2.24, 2.45) is 5.10 Å². The average Bonchev–Trinajstić information content (AvgIpc) is 2.66. The molecular weight excluding hydrogens is 218 g/mol. The number of benzene rings is 1. The second-order valence-corrected chi connectivity index (χ2v) is 3.87. The summed E-state index contributed by atoms with van der Waals surface area (Å²) in [6.07, 6.45) is 1.66. The molecule has 5 heteroatoms. The van der Waals surface area contributed by atoms with Crippen molar-refractivity contribution >= 4 is 18.2 Å². The lowest BCUT2D eigenvalue weighted by Gasteiger charge is -2.08. The molecule has 88 valence electrons. The number of carbonyl (C=O) groups is 2. The minimum absolute atomic E-state index is 0.00313. The van der Waals surface area contributed by atoms with Crippen molar-refractivity contribution in [1.82, 2.24) is 10.3 Å². The molecule has 0 radical (unpaired) electrons. The standard InChI is InChI=1S/C12H13N3O2/c1-9(10-5-3-2-4-6-10)7-13-15-8-11(16)14-12(15)17/h2-7,9H,8H2,1H3,(H,14,16,17)/b13-7-/t9-/m1/s1. The maximum absolute atomic E-state index is 11.2. The zero-order valence-electron chi connectivity index (χ0n) is 9.46. The molecular formula is C12H13N3O2. The maximum atomic E-state index is 11.2. The molecule has 1 saturated heterocycles. The molecule has 1 aromatic carbocycles. The zero-order valence-corrected chi connectivity index (χ0v) is 9.46. The van der Waals surface area contributed by atoms with Gasteiger partial charge in [-0.2, -0.15) is 5.10 Å². The second kappa shape index (κ2) is 4.78. The Balaban J connectivity index is 2.02. The average molecular weight is 231 g/mol. The van der Waals surface area contributed by atoms with Gasteiger partial charge in [0.15, 0.2) is 0 Å². The molecule has 5 nitrogen and oxygen atoms in total. The van der Waals surface area contributed by atoms with Gasteiger partial charge in [0.05, 0.1) is 0 Å². The molecule has 0 unspecified atom stereocenters. The minimum atomic E-state index is -0.466. The van der Waals surface area contributed by atoms with Gasteiger partial charge in [0.2, 0.25) is 5.91 Å². The Morgan fingerprint density at radius 1 is 1.35 bits per heavy atom. The van der Waals surface area contributed by atoms with Crippen LogP contribution in [0.4, 0.5) is 4.79 Å². The van der Waals surface area contributed by atoms with Crippen LogP contribution in [-0.4, -0.2) is 29.7 Å². The summed E-state index contributed by atoms with van der Waals surface area (Å²) in [5, 5.41) is 7.30. The molecule has 1 aliphatic heterocycles. The van der Waals surface area contributed by atoms with Gasteiger partial charge in [-0.3, -0.25) is 10.1 Å². The second-order valence-electron chi connectivity index (χ2n) is 3.87. The van der Waals surface area contributed by atoms with Crippen molar-refractivity contribution < 1.29 is 9.59 Å². The quantitative estimate of drug-likeness (QED) is 0.630. The summed E-state index contributed by atoms with van der Waals surface area (Å²) in [4.78, 5) is 22.1. The molecule has 0 spiro atoms. The van der Waals surface area contributed by atoms with Gasteiger partial charge in [-0.05, 0) is 5.56 Å². The van der Waals surface area contributed by atoms with Crippen LogP contribution in [0.25, 0.3) is 0 Å². The summed E-state index contributed by atoms with van der Waals surface area (Å²) in [6.45, 7) is 1.98. The topological polar surface area (TPSA) is 61.8 Å². The Kier molecular flexibility index (Phi) is 3.18. The van der Waals surface area contributed by atoms with Gasteiger partial charge in [0.25, 0.3) is 0 Å². The predicted molar refractivity (Wildman–Crippen MR) is 63.6 cm³/mol. The largest absolute Gasteiger partial charge is 0.344 e. The van der Waals surface area contributed by atoms with E-state index in [2.05, 4.69) is 10.4 Å². The smallest absolute Gasteiger partial charge is 0.275 e. The highest BCUT2D eigenvalue weighted by Crippen LogP contribution is 2.12. The molecule has 1 aromatic rings. The molecule has 1 atom stereocenters. The molecule has 1 heterocycles. The Hall–Kier alpha value is -2.17. The van der Waals surface area contributed by atoms with Crippen LogP contribution in [0.2, 0.25) is 0 Å². The minimum Gasteiger partial charge on any atom is -0.275 e. The van der Waals surface area contributed by atoms with Gasteiger partial charge < -0.3 is 0 Å². The SMILES string of the molecule is C[C@H](/C=N\N1CC(=O)NC1=O)c1ccccc1. The Bertz CT molecular complexity index is 456. The highest BCUT2D eigenvalue weighted by Gasteiger charge is 2.25. The van der Waals surface area contributed by atoms with Crippen LogP contribution in [0, 0.1) is 0 Å². The lowest BCUT2D eigenvalue weighted by molar-refractivity contribution is -0.118. The molecule has 1 N–H and O–H groups in total. The van der Waals surface area contributed by atoms with Crippen LogP contribution < -0.4 is 5.32 Å². The van der Waals surface area contributed by atoms with Gasteiger partial charge in [0.1, 0.15) is 6.54 Å². The number of rotatable bonds is 3. The lowest BCUT2D eigenvalue weighted by Crippen LogP contribution is -2.24. The number of hydrogen-bond donors (Lipinski definition) is 1. The van der Waals surface area contributed by atoms with Gasteiger partial charge >= 0.3 is 6.03 Å². The normalized spacial score (nSPS) is 17.6. The molecule has 0 bridgehead atoms. The number of nitrogens with one attached hydrogen (secondary N) is 1. The van der Waals surface area contributed by atoms with E-state index in [9.17, 15) is 9.59 Å². The number of amides is 3. The van der Waals surface area contributed by atoms with Crippen LogP contribution in [0.5, 0.6) is 0 Å². The fourth-order valence-electron chi connectivity index (χ4n) is 1.55. The third-order valence-corrected chi connectivity index (χ3v) is 2.53. The molecule has 0 saturated carbocycles. The van der Waals surface area contributed by atoms with Crippen LogP contribution >= 0.6 is 0 Å². The lowest BCUT2D eigenvalue weighted by atomic mass is 10.0. The predicted octanol–water partition coefficient (Wildman–Crippen LogP) is 1.33. The van der Waals surface area contributed by atoms with Crippen molar-refractivity contribution in [3.63, 3.8) is 0 Å². The van der Waals surface area contributed by atoms with Crippen LogP contribution in [-0.2, 0) is 4.79 Å².